The summed E-state index contributed by atoms with van der Waals surface area (Å²) in [5.74, 6) is 1.35. The number of aliphatic hydroxyl groups excluding tert-OH is 2. The van der Waals surface area contributed by atoms with Gasteiger partial charge in [-0.2, -0.15) is 0 Å². The fraction of sp³-hybridized carbons (Fsp3) is 0.520. The third-order valence-corrected chi connectivity index (χ3v) is 7.96. The van der Waals surface area contributed by atoms with Crippen molar-refractivity contribution >= 4 is 7.85 Å². The molecule has 0 amide bonds. The largest absolute Gasteiger partial charge is 0.508 e. The van der Waals surface area contributed by atoms with Crippen molar-refractivity contribution < 1.29 is 14.9 Å². The number of aliphatic hydroxyl groups is 2. The highest BCUT2D eigenvalue weighted by Gasteiger charge is 2.56. The summed E-state index contributed by atoms with van der Waals surface area (Å²) >= 11 is 0. The molecule has 1 aromatic rings. The molecule has 2 N–H and O–H groups in total. The number of hydrogen-bond donors (Lipinski definition) is 2. The van der Waals surface area contributed by atoms with Crippen molar-refractivity contribution in [2.75, 3.05) is 7.11 Å². The molecule has 5 rings (SSSR count). The molecular weight excluding hydrogens is 359 g/mol. The highest BCUT2D eigenvalue weighted by Crippen LogP contribution is 2.67. The van der Waals surface area contributed by atoms with Gasteiger partial charge in [0.25, 0.3) is 0 Å². The third kappa shape index (κ3) is 2.91. The molecule has 150 valence electrons. The fourth-order valence-corrected chi connectivity index (χ4v) is 6.85. The van der Waals surface area contributed by atoms with Crippen molar-refractivity contribution in [1.82, 2.24) is 0 Å². The van der Waals surface area contributed by atoms with E-state index in [1.165, 1.54) is 16.7 Å². The standard InChI is InChI=1S/C25H29BO3/c1-29-22-13-18(27)11-17-7-8-20-21-12-19(28)15-24(21,9-10-25(20,26)23(17)22)14-16-5-3-2-4-6-16/h2-6,11,13,17,19,23,27-28H,7-10,12,14-15H2,1H3/t17?,19-,23?,24?,25+/m0/s1. The Balaban J connectivity index is 1.59. The lowest BCUT2D eigenvalue weighted by atomic mass is 9.42. The van der Waals surface area contributed by atoms with Crippen LogP contribution in [-0.4, -0.2) is 31.3 Å². The van der Waals surface area contributed by atoms with E-state index in [-0.39, 0.29) is 29.1 Å². The van der Waals surface area contributed by atoms with Crippen LogP contribution in [0.1, 0.15) is 44.1 Å². The van der Waals surface area contributed by atoms with Gasteiger partial charge in [0, 0.05) is 12.0 Å². The number of ether oxygens (including phenoxy) is 1. The summed E-state index contributed by atoms with van der Waals surface area (Å²) in [6.45, 7) is 0. The molecule has 0 heterocycles. The van der Waals surface area contributed by atoms with Crippen LogP contribution in [0.5, 0.6) is 0 Å². The SMILES string of the molecule is [B][C@]12CCC3(Cc4ccccc4)C[C@@H](O)CC3=C1CCC1C=C(O)C=C(OC)C12. The van der Waals surface area contributed by atoms with Gasteiger partial charge in [0.05, 0.1) is 21.1 Å². The van der Waals surface area contributed by atoms with E-state index in [0.717, 1.165) is 50.7 Å². The van der Waals surface area contributed by atoms with E-state index in [1.807, 2.05) is 6.08 Å². The average Bonchev–Trinajstić information content (AvgIpc) is 3.03. The number of fused-ring (bicyclic) bond motifs is 4. The van der Waals surface area contributed by atoms with Crippen LogP contribution < -0.4 is 0 Å². The van der Waals surface area contributed by atoms with E-state index in [0.29, 0.717) is 0 Å². The molecule has 2 saturated carbocycles. The van der Waals surface area contributed by atoms with Crippen molar-refractivity contribution in [3.8, 4) is 0 Å². The summed E-state index contributed by atoms with van der Waals surface area (Å²) < 4.78 is 5.71. The Kier molecular flexibility index (Phi) is 4.47. The van der Waals surface area contributed by atoms with Gasteiger partial charge in [-0.3, -0.25) is 0 Å². The monoisotopic (exact) mass is 388 g/mol. The molecule has 0 saturated heterocycles. The highest BCUT2D eigenvalue weighted by atomic mass is 16.5. The van der Waals surface area contributed by atoms with Gasteiger partial charge < -0.3 is 14.9 Å². The zero-order chi connectivity index (χ0) is 20.2. The van der Waals surface area contributed by atoms with E-state index < -0.39 is 5.31 Å². The zero-order valence-corrected chi connectivity index (χ0v) is 17.1. The van der Waals surface area contributed by atoms with Crippen LogP contribution in [0.15, 0.2) is 65.1 Å². The lowest BCUT2D eigenvalue weighted by molar-refractivity contribution is 0.125. The van der Waals surface area contributed by atoms with E-state index >= 15 is 0 Å². The second-order valence-corrected chi connectivity index (χ2v) is 9.52. The summed E-state index contributed by atoms with van der Waals surface area (Å²) in [6, 6.07) is 10.7. The molecule has 29 heavy (non-hydrogen) atoms. The van der Waals surface area contributed by atoms with Gasteiger partial charge in [-0.25, -0.2) is 0 Å². The second-order valence-electron chi connectivity index (χ2n) is 9.52. The summed E-state index contributed by atoms with van der Waals surface area (Å²) in [7, 11) is 8.89. The van der Waals surface area contributed by atoms with Gasteiger partial charge in [0.1, 0.15) is 11.5 Å². The Morgan fingerprint density at radius 2 is 1.97 bits per heavy atom. The van der Waals surface area contributed by atoms with Gasteiger partial charge in [-0.05, 0) is 66.8 Å². The van der Waals surface area contributed by atoms with Crippen molar-refractivity contribution in [2.45, 2.75) is 56.4 Å². The van der Waals surface area contributed by atoms with Crippen LogP contribution in [0.25, 0.3) is 0 Å². The van der Waals surface area contributed by atoms with E-state index in [9.17, 15) is 10.2 Å². The number of hydrogen-bond acceptors (Lipinski definition) is 3. The lowest BCUT2D eigenvalue weighted by Crippen LogP contribution is -2.44. The van der Waals surface area contributed by atoms with Crippen LogP contribution in [-0.2, 0) is 11.2 Å². The van der Waals surface area contributed by atoms with Crippen molar-refractivity contribution in [1.29, 1.82) is 0 Å². The average molecular weight is 388 g/mol. The Bertz CT molecular complexity index is 902. The number of allylic oxidation sites excluding steroid dienone is 4. The first-order chi connectivity index (χ1) is 13.9. The summed E-state index contributed by atoms with van der Waals surface area (Å²) in [5, 5.41) is 20.4. The number of benzene rings is 1. The lowest BCUT2D eigenvalue weighted by Gasteiger charge is -2.55. The molecule has 1 aromatic carbocycles. The van der Waals surface area contributed by atoms with Crippen molar-refractivity contribution in [3.63, 3.8) is 0 Å². The molecule has 4 aliphatic carbocycles. The van der Waals surface area contributed by atoms with Crippen LogP contribution in [0, 0.1) is 17.3 Å². The predicted octanol–water partition coefficient (Wildman–Crippen LogP) is 4.80. The maximum Gasteiger partial charge on any atom is 0.115 e. The minimum Gasteiger partial charge on any atom is -0.508 e. The molecule has 4 heteroatoms. The quantitative estimate of drug-likeness (QED) is 0.578. The van der Waals surface area contributed by atoms with Gasteiger partial charge >= 0.3 is 0 Å². The fourth-order valence-electron chi connectivity index (χ4n) is 6.85. The molecule has 5 atom stereocenters. The first-order valence-corrected chi connectivity index (χ1v) is 10.9. The van der Waals surface area contributed by atoms with E-state index in [1.54, 1.807) is 13.2 Å². The van der Waals surface area contributed by atoms with Crippen LogP contribution in [0.3, 0.4) is 0 Å². The van der Waals surface area contributed by atoms with Gasteiger partial charge in [0.2, 0.25) is 0 Å². The molecule has 3 unspecified atom stereocenters. The van der Waals surface area contributed by atoms with Gasteiger partial charge in [0.15, 0.2) is 0 Å². The van der Waals surface area contributed by atoms with Crippen LogP contribution in [0.2, 0.25) is 5.31 Å². The Morgan fingerprint density at radius 3 is 2.72 bits per heavy atom. The molecule has 4 aliphatic rings. The maximum absolute atomic E-state index is 10.7. The molecule has 0 spiro atoms. The smallest absolute Gasteiger partial charge is 0.115 e. The minimum atomic E-state index is -0.457. The summed E-state index contributed by atoms with van der Waals surface area (Å²) in [5.41, 5.74) is 4.13. The summed E-state index contributed by atoms with van der Waals surface area (Å²) in [4.78, 5) is 0. The first kappa shape index (κ1) is 19.1. The topological polar surface area (TPSA) is 49.7 Å². The predicted molar refractivity (Wildman–Crippen MR) is 115 cm³/mol. The maximum atomic E-state index is 10.7. The Labute approximate surface area is 174 Å². The normalized spacial score (nSPS) is 38.5. The zero-order valence-electron chi connectivity index (χ0n) is 17.1. The van der Waals surface area contributed by atoms with Crippen molar-refractivity contribution in [2.24, 2.45) is 17.3 Å². The Hall–Kier alpha value is -1.94. The molecule has 0 bridgehead atoms. The van der Waals surface area contributed by atoms with Gasteiger partial charge in [-0.1, -0.05) is 47.9 Å². The highest BCUT2D eigenvalue weighted by molar-refractivity contribution is 6.18. The number of rotatable bonds is 3. The minimum absolute atomic E-state index is 0.0232. The molecule has 3 nitrogen and oxygen atoms in total. The molecule has 0 aliphatic heterocycles. The second kappa shape index (κ2) is 6.80. The molecular formula is C25H29BO3. The third-order valence-electron chi connectivity index (χ3n) is 7.96. The summed E-state index contributed by atoms with van der Waals surface area (Å²) in [6.07, 6.45) is 9.74. The Morgan fingerprint density at radius 1 is 1.17 bits per heavy atom. The van der Waals surface area contributed by atoms with E-state index in [2.05, 4.69) is 30.3 Å². The van der Waals surface area contributed by atoms with Crippen molar-refractivity contribution in [3.05, 3.63) is 70.7 Å². The number of methoxy groups -OCH3 is 1. The molecule has 2 radical (unpaired) electrons. The first-order valence-electron chi connectivity index (χ1n) is 10.9. The van der Waals surface area contributed by atoms with Crippen LogP contribution in [0.4, 0.5) is 0 Å². The van der Waals surface area contributed by atoms with E-state index in [4.69, 9.17) is 12.6 Å². The molecule has 0 aromatic heterocycles. The molecule has 2 fully saturated rings. The van der Waals surface area contributed by atoms with Crippen LogP contribution >= 0.6 is 0 Å². The van der Waals surface area contributed by atoms with Gasteiger partial charge in [-0.15, -0.1) is 0 Å².